The van der Waals surface area contributed by atoms with Crippen LogP contribution in [0.2, 0.25) is 0 Å². The molecule has 0 spiro atoms. The smallest absolute Gasteiger partial charge is 0.259 e. The molecule has 0 aliphatic carbocycles. The van der Waals surface area contributed by atoms with E-state index in [1.165, 1.54) is 0 Å². The van der Waals surface area contributed by atoms with Crippen molar-refractivity contribution in [3.05, 3.63) is 48.7 Å². The van der Waals surface area contributed by atoms with Crippen molar-refractivity contribution in [1.29, 1.82) is 0 Å². The highest BCUT2D eigenvalue weighted by molar-refractivity contribution is 5.59. The third-order valence-corrected chi connectivity index (χ3v) is 4.53. The van der Waals surface area contributed by atoms with E-state index in [0.717, 1.165) is 62.8 Å². The molecule has 0 bridgehead atoms. The molecular formula is C20H23N5O2. The van der Waals surface area contributed by atoms with Crippen LogP contribution < -0.4 is 5.32 Å². The molecule has 3 aromatic rings. The summed E-state index contributed by atoms with van der Waals surface area (Å²) in [7, 11) is 0. The van der Waals surface area contributed by atoms with Crippen LogP contribution >= 0.6 is 0 Å². The number of pyridine rings is 1. The van der Waals surface area contributed by atoms with Crippen molar-refractivity contribution < 1.29 is 9.26 Å². The summed E-state index contributed by atoms with van der Waals surface area (Å²) in [6, 6.07) is 13.7. The highest BCUT2D eigenvalue weighted by Crippen LogP contribution is 2.22. The zero-order valence-electron chi connectivity index (χ0n) is 15.2. The zero-order chi connectivity index (χ0) is 18.3. The van der Waals surface area contributed by atoms with E-state index in [9.17, 15) is 0 Å². The van der Waals surface area contributed by atoms with Gasteiger partial charge in [-0.3, -0.25) is 4.90 Å². The zero-order valence-corrected chi connectivity index (χ0v) is 15.2. The van der Waals surface area contributed by atoms with Crippen LogP contribution in [0.3, 0.4) is 0 Å². The van der Waals surface area contributed by atoms with E-state index < -0.39 is 0 Å². The number of nitrogens with zero attached hydrogens (tertiary/aromatic N) is 4. The molecule has 1 saturated heterocycles. The van der Waals surface area contributed by atoms with E-state index in [-0.39, 0.29) is 0 Å². The van der Waals surface area contributed by atoms with E-state index in [2.05, 4.69) is 25.3 Å². The lowest BCUT2D eigenvalue weighted by molar-refractivity contribution is 0.0378. The summed E-state index contributed by atoms with van der Waals surface area (Å²) in [6.45, 7) is 5.72. The van der Waals surface area contributed by atoms with Gasteiger partial charge in [0.15, 0.2) is 0 Å². The highest BCUT2D eigenvalue weighted by Gasteiger charge is 2.11. The first-order valence-corrected chi connectivity index (χ1v) is 9.28. The summed E-state index contributed by atoms with van der Waals surface area (Å²) in [5.41, 5.74) is 1.74. The summed E-state index contributed by atoms with van der Waals surface area (Å²) >= 11 is 0. The molecule has 27 heavy (non-hydrogen) atoms. The Morgan fingerprint density at radius 3 is 2.63 bits per heavy atom. The van der Waals surface area contributed by atoms with E-state index in [1.807, 2.05) is 42.5 Å². The normalized spacial score (nSPS) is 15.0. The van der Waals surface area contributed by atoms with Crippen LogP contribution in [-0.4, -0.2) is 59.4 Å². The van der Waals surface area contributed by atoms with E-state index in [4.69, 9.17) is 9.26 Å². The summed E-state index contributed by atoms with van der Waals surface area (Å²) < 4.78 is 10.7. The lowest BCUT2D eigenvalue weighted by Crippen LogP contribution is -2.37. The monoisotopic (exact) mass is 365 g/mol. The summed E-state index contributed by atoms with van der Waals surface area (Å²) in [5, 5.41) is 7.41. The molecule has 0 atom stereocenters. The number of nitrogens with one attached hydrogen (secondary N) is 1. The average molecular weight is 365 g/mol. The predicted molar refractivity (Wildman–Crippen MR) is 103 cm³/mol. The second-order valence-corrected chi connectivity index (χ2v) is 6.46. The summed E-state index contributed by atoms with van der Waals surface area (Å²) in [4.78, 5) is 11.3. The molecule has 7 nitrogen and oxygen atoms in total. The van der Waals surface area contributed by atoms with Gasteiger partial charge >= 0.3 is 0 Å². The number of ether oxygens (including phenoxy) is 1. The van der Waals surface area contributed by atoms with Gasteiger partial charge in [-0.15, -0.1) is 0 Å². The molecule has 1 aliphatic rings. The second-order valence-electron chi connectivity index (χ2n) is 6.46. The lowest BCUT2D eigenvalue weighted by atomic mass is 10.2. The van der Waals surface area contributed by atoms with Crippen LogP contribution in [-0.2, 0) is 4.74 Å². The standard InChI is InChI=1S/C20H23N5O2/c1-2-5-16(6-3-1)19-23-20(27-24-19)17-7-8-18(22-15-17)21-9-4-10-25-11-13-26-14-12-25/h1-3,5-8,15H,4,9-14H2,(H,21,22). The molecule has 7 heteroatoms. The molecule has 2 aromatic heterocycles. The van der Waals surface area contributed by atoms with Crippen LogP contribution in [0, 0.1) is 0 Å². The summed E-state index contributed by atoms with van der Waals surface area (Å²) in [5.74, 6) is 1.90. The fraction of sp³-hybridized carbons (Fsp3) is 0.350. The SMILES string of the molecule is c1ccc(-c2noc(-c3ccc(NCCCN4CCOCC4)nc3)n2)cc1. The predicted octanol–water partition coefficient (Wildman–Crippen LogP) is 2.93. The fourth-order valence-electron chi connectivity index (χ4n) is 3.01. The van der Waals surface area contributed by atoms with Crippen molar-refractivity contribution in [2.75, 3.05) is 44.7 Å². The molecular weight excluding hydrogens is 342 g/mol. The molecule has 0 amide bonds. The number of morpholine rings is 1. The van der Waals surface area contributed by atoms with Crippen molar-refractivity contribution in [2.45, 2.75) is 6.42 Å². The van der Waals surface area contributed by atoms with E-state index in [0.29, 0.717) is 11.7 Å². The van der Waals surface area contributed by atoms with Gasteiger partial charge in [-0.1, -0.05) is 35.5 Å². The maximum absolute atomic E-state index is 5.37. The number of rotatable bonds is 7. The Hall–Kier alpha value is -2.77. The Kier molecular flexibility index (Phi) is 5.71. The van der Waals surface area contributed by atoms with Crippen LogP contribution in [0.5, 0.6) is 0 Å². The van der Waals surface area contributed by atoms with Gasteiger partial charge in [0.2, 0.25) is 5.82 Å². The quantitative estimate of drug-likeness (QED) is 0.645. The Bertz CT molecular complexity index is 829. The maximum atomic E-state index is 5.37. The Morgan fingerprint density at radius 2 is 1.85 bits per heavy atom. The first kappa shape index (κ1) is 17.6. The van der Waals surface area contributed by atoms with Gasteiger partial charge in [0, 0.05) is 31.4 Å². The van der Waals surface area contributed by atoms with Gasteiger partial charge < -0.3 is 14.6 Å². The van der Waals surface area contributed by atoms with Gasteiger partial charge in [-0.05, 0) is 25.1 Å². The average Bonchev–Trinajstić information content (AvgIpc) is 3.23. The Labute approximate surface area is 158 Å². The third kappa shape index (κ3) is 4.69. The van der Waals surface area contributed by atoms with Crippen molar-refractivity contribution in [3.8, 4) is 22.8 Å². The van der Waals surface area contributed by atoms with Crippen molar-refractivity contribution in [3.63, 3.8) is 0 Å². The van der Waals surface area contributed by atoms with Gasteiger partial charge in [0.05, 0.1) is 18.8 Å². The molecule has 1 aliphatic heterocycles. The maximum Gasteiger partial charge on any atom is 0.259 e. The van der Waals surface area contributed by atoms with E-state index >= 15 is 0 Å². The minimum atomic E-state index is 0.472. The topological polar surface area (TPSA) is 76.3 Å². The lowest BCUT2D eigenvalue weighted by Gasteiger charge is -2.26. The molecule has 0 radical (unpaired) electrons. The molecule has 1 aromatic carbocycles. The molecule has 4 rings (SSSR count). The molecule has 0 saturated carbocycles. The molecule has 1 N–H and O–H groups in total. The second kappa shape index (κ2) is 8.75. The Balaban J connectivity index is 1.29. The van der Waals surface area contributed by atoms with Crippen LogP contribution in [0.25, 0.3) is 22.8 Å². The summed E-state index contributed by atoms with van der Waals surface area (Å²) in [6.07, 6.45) is 2.83. The van der Waals surface area contributed by atoms with Crippen molar-refractivity contribution >= 4 is 5.82 Å². The first-order valence-electron chi connectivity index (χ1n) is 9.28. The molecule has 140 valence electrons. The van der Waals surface area contributed by atoms with Crippen molar-refractivity contribution in [1.82, 2.24) is 20.0 Å². The Morgan fingerprint density at radius 1 is 1.00 bits per heavy atom. The number of anilines is 1. The van der Waals surface area contributed by atoms with Gasteiger partial charge in [-0.2, -0.15) is 4.98 Å². The van der Waals surface area contributed by atoms with Crippen LogP contribution in [0.4, 0.5) is 5.82 Å². The first-order chi connectivity index (χ1) is 13.4. The molecule has 0 unspecified atom stereocenters. The third-order valence-electron chi connectivity index (χ3n) is 4.53. The molecule has 1 fully saturated rings. The van der Waals surface area contributed by atoms with Gasteiger partial charge in [-0.25, -0.2) is 4.98 Å². The van der Waals surface area contributed by atoms with Crippen molar-refractivity contribution in [2.24, 2.45) is 0 Å². The highest BCUT2D eigenvalue weighted by atomic mass is 16.5. The van der Waals surface area contributed by atoms with Gasteiger partial charge in [0.25, 0.3) is 5.89 Å². The number of hydrogen-bond donors (Lipinski definition) is 1. The minimum absolute atomic E-state index is 0.472. The van der Waals surface area contributed by atoms with Crippen LogP contribution in [0.15, 0.2) is 53.2 Å². The largest absolute Gasteiger partial charge is 0.379 e. The van der Waals surface area contributed by atoms with E-state index in [1.54, 1.807) is 6.20 Å². The number of benzene rings is 1. The van der Waals surface area contributed by atoms with Crippen LogP contribution in [0.1, 0.15) is 6.42 Å². The van der Waals surface area contributed by atoms with Gasteiger partial charge in [0.1, 0.15) is 5.82 Å². The number of hydrogen-bond acceptors (Lipinski definition) is 7. The fourth-order valence-corrected chi connectivity index (χ4v) is 3.01. The molecule has 3 heterocycles. The number of aromatic nitrogens is 3. The minimum Gasteiger partial charge on any atom is -0.379 e.